The molecule has 1 amide bonds. The first-order chi connectivity index (χ1) is 9.45. The Morgan fingerprint density at radius 2 is 1.90 bits per heavy atom. The van der Waals surface area contributed by atoms with Crippen LogP contribution in [0.2, 0.25) is 0 Å². The number of nitrogens with one attached hydrogen (secondary N) is 1. The SMILES string of the molecule is NS(=O)(=O)c1ccc(CNC(=O)Cc2ccco2)cc1. The third-order valence-electron chi connectivity index (χ3n) is 2.66. The molecule has 0 spiro atoms. The van der Waals surface area contributed by atoms with E-state index >= 15 is 0 Å². The van der Waals surface area contributed by atoms with Gasteiger partial charge >= 0.3 is 0 Å². The summed E-state index contributed by atoms with van der Waals surface area (Å²) < 4.78 is 27.2. The zero-order valence-electron chi connectivity index (χ0n) is 10.6. The summed E-state index contributed by atoms with van der Waals surface area (Å²) in [6.07, 6.45) is 1.68. The largest absolute Gasteiger partial charge is 0.469 e. The molecule has 20 heavy (non-hydrogen) atoms. The van der Waals surface area contributed by atoms with Crippen molar-refractivity contribution >= 4 is 15.9 Å². The predicted molar refractivity (Wildman–Crippen MR) is 72.1 cm³/mol. The molecule has 106 valence electrons. The van der Waals surface area contributed by atoms with Crippen molar-refractivity contribution in [2.24, 2.45) is 5.14 Å². The molecule has 2 aromatic rings. The van der Waals surface area contributed by atoms with E-state index in [9.17, 15) is 13.2 Å². The van der Waals surface area contributed by atoms with E-state index < -0.39 is 10.0 Å². The van der Waals surface area contributed by atoms with E-state index in [1.54, 1.807) is 24.3 Å². The molecule has 2 rings (SSSR count). The first kappa shape index (κ1) is 14.3. The van der Waals surface area contributed by atoms with Crippen LogP contribution in [0.5, 0.6) is 0 Å². The van der Waals surface area contributed by atoms with Gasteiger partial charge in [-0.3, -0.25) is 4.79 Å². The van der Waals surface area contributed by atoms with Gasteiger partial charge in [-0.15, -0.1) is 0 Å². The molecular formula is C13H14N2O4S. The Bertz CT molecular complexity index is 676. The van der Waals surface area contributed by atoms with Gasteiger partial charge in [-0.2, -0.15) is 0 Å². The second-order valence-electron chi connectivity index (χ2n) is 4.22. The fourth-order valence-corrected chi connectivity index (χ4v) is 2.15. The molecule has 0 bridgehead atoms. The van der Waals surface area contributed by atoms with Crippen LogP contribution in [0.1, 0.15) is 11.3 Å². The molecule has 0 aliphatic heterocycles. The van der Waals surface area contributed by atoms with Crippen LogP contribution >= 0.6 is 0 Å². The van der Waals surface area contributed by atoms with E-state index in [1.165, 1.54) is 18.4 Å². The summed E-state index contributed by atoms with van der Waals surface area (Å²) in [5, 5.41) is 7.71. The highest BCUT2D eigenvalue weighted by atomic mass is 32.2. The van der Waals surface area contributed by atoms with Gasteiger partial charge in [0, 0.05) is 6.54 Å². The second kappa shape index (κ2) is 5.89. The standard InChI is InChI=1S/C13H14N2O4S/c14-20(17,18)12-5-3-10(4-6-12)9-15-13(16)8-11-2-1-7-19-11/h1-7H,8-9H2,(H,15,16)(H2,14,17,18). The average molecular weight is 294 g/mol. The Labute approximate surface area is 116 Å². The summed E-state index contributed by atoms with van der Waals surface area (Å²) in [4.78, 5) is 11.7. The first-order valence-corrected chi connectivity index (χ1v) is 7.40. The smallest absolute Gasteiger partial charge is 0.238 e. The van der Waals surface area contributed by atoms with Crippen LogP contribution < -0.4 is 10.5 Å². The number of hydrogen-bond acceptors (Lipinski definition) is 4. The zero-order valence-corrected chi connectivity index (χ0v) is 11.4. The van der Waals surface area contributed by atoms with Crippen molar-refractivity contribution < 1.29 is 17.6 Å². The maximum atomic E-state index is 11.6. The Balaban J connectivity index is 1.89. The van der Waals surface area contributed by atoms with Crippen LogP contribution in [0.15, 0.2) is 52.0 Å². The number of nitrogens with two attached hydrogens (primary N) is 1. The van der Waals surface area contributed by atoms with E-state index in [0.29, 0.717) is 12.3 Å². The molecule has 3 N–H and O–H groups in total. The molecule has 0 atom stereocenters. The monoisotopic (exact) mass is 294 g/mol. The molecule has 7 heteroatoms. The van der Waals surface area contributed by atoms with Crippen LogP contribution in [-0.2, 0) is 27.8 Å². The second-order valence-corrected chi connectivity index (χ2v) is 5.78. The number of primary sulfonamides is 1. The van der Waals surface area contributed by atoms with Crippen LogP contribution in [0.25, 0.3) is 0 Å². The molecule has 0 radical (unpaired) electrons. The van der Waals surface area contributed by atoms with Crippen molar-refractivity contribution in [1.82, 2.24) is 5.32 Å². The lowest BCUT2D eigenvalue weighted by molar-refractivity contribution is -0.120. The van der Waals surface area contributed by atoms with Crippen molar-refractivity contribution in [3.05, 3.63) is 54.0 Å². The van der Waals surface area contributed by atoms with E-state index in [-0.39, 0.29) is 17.2 Å². The summed E-state index contributed by atoms with van der Waals surface area (Å²) in [5.41, 5.74) is 0.783. The zero-order chi connectivity index (χ0) is 14.6. The molecular weight excluding hydrogens is 280 g/mol. The molecule has 0 unspecified atom stereocenters. The minimum atomic E-state index is -3.68. The maximum absolute atomic E-state index is 11.6. The third-order valence-corrected chi connectivity index (χ3v) is 3.59. The molecule has 1 heterocycles. The highest BCUT2D eigenvalue weighted by molar-refractivity contribution is 7.89. The number of amides is 1. The van der Waals surface area contributed by atoms with E-state index in [0.717, 1.165) is 5.56 Å². The summed E-state index contributed by atoms with van der Waals surface area (Å²) in [6, 6.07) is 9.46. The average Bonchev–Trinajstić information content (AvgIpc) is 2.88. The summed E-state index contributed by atoms with van der Waals surface area (Å²) in [5.74, 6) is 0.419. The highest BCUT2D eigenvalue weighted by Gasteiger charge is 2.08. The van der Waals surface area contributed by atoms with Gasteiger partial charge in [0.2, 0.25) is 15.9 Å². The van der Waals surface area contributed by atoms with E-state index in [2.05, 4.69) is 5.32 Å². The van der Waals surface area contributed by atoms with Crippen LogP contribution in [0, 0.1) is 0 Å². The fourth-order valence-electron chi connectivity index (χ4n) is 1.63. The minimum Gasteiger partial charge on any atom is -0.469 e. The summed E-state index contributed by atoms with van der Waals surface area (Å²) >= 11 is 0. The van der Waals surface area contributed by atoms with E-state index in [4.69, 9.17) is 9.56 Å². The Hall–Kier alpha value is -2.12. The van der Waals surface area contributed by atoms with Crippen molar-refractivity contribution in [1.29, 1.82) is 0 Å². The van der Waals surface area contributed by atoms with Crippen molar-refractivity contribution in [3.8, 4) is 0 Å². The summed E-state index contributed by atoms with van der Waals surface area (Å²) in [6.45, 7) is 0.310. The molecule has 0 aliphatic carbocycles. The Morgan fingerprint density at radius 3 is 2.45 bits per heavy atom. The molecule has 1 aromatic carbocycles. The van der Waals surface area contributed by atoms with Crippen molar-refractivity contribution in [2.75, 3.05) is 0 Å². The number of carbonyl (C=O) groups is 1. The predicted octanol–water partition coefficient (Wildman–Crippen LogP) is 0.786. The number of furan rings is 1. The normalized spacial score (nSPS) is 11.2. The molecule has 0 saturated heterocycles. The molecule has 0 saturated carbocycles. The van der Waals surface area contributed by atoms with Crippen molar-refractivity contribution in [3.63, 3.8) is 0 Å². The third kappa shape index (κ3) is 3.94. The number of rotatable bonds is 5. The topological polar surface area (TPSA) is 102 Å². The lowest BCUT2D eigenvalue weighted by Crippen LogP contribution is -2.24. The Kier molecular flexibility index (Phi) is 4.21. The first-order valence-electron chi connectivity index (χ1n) is 5.86. The van der Waals surface area contributed by atoms with Gasteiger partial charge in [-0.05, 0) is 29.8 Å². The molecule has 6 nitrogen and oxygen atoms in total. The number of sulfonamides is 1. The lowest BCUT2D eigenvalue weighted by atomic mass is 10.2. The molecule has 0 aliphatic rings. The number of benzene rings is 1. The molecule has 1 aromatic heterocycles. The molecule has 0 fully saturated rings. The summed E-state index contributed by atoms with van der Waals surface area (Å²) in [7, 11) is -3.68. The van der Waals surface area contributed by atoms with Crippen LogP contribution in [0.3, 0.4) is 0 Å². The Morgan fingerprint density at radius 1 is 1.20 bits per heavy atom. The van der Waals surface area contributed by atoms with Crippen molar-refractivity contribution in [2.45, 2.75) is 17.9 Å². The fraction of sp³-hybridized carbons (Fsp3) is 0.154. The number of carbonyl (C=O) groups excluding carboxylic acids is 1. The van der Waals surface area contributed by atoms with Gasteiger partial charge < -0.3 is 9.73 Å². The van der Waals surface area contributed by atoms with Gasteiger partial charge in [0.25, 0.3) is 0 Å². The number of hydrogen-bond donors (Lipinski definition) is 2. The van der Waals surface area contributed by atoms with Gasteiger partial charge in [0.05, 0.1) is 17.6 Å². The van der Waals surface area contributed by atoms with Gasteiger partial charge in [0.15, 0.2) is 0 Å². The van der Waals surface area contributed by atoms with Gasteiger partial charge in [-0.1, -0.05) is 12.1 Å². The highest BCUT2D eigenvalue weighted by Crippen LogP contribution is 2.08. The maximum Gasteiger partial charge on any atom is 0.238 e. The lowest BCUT2D eigenvalue weighted by Gasteiger charge is -2.05. The van der Waals surface area contributed by atoms with Gasteiger partial charge in [-0.25, -0.2) is 13.6 Å². The van der Waals surface area contributed by atoms with E-state index in [1.807, 2.05) is 0 Å². The quantitative estimate of drug-likeness (QED) is 0.850. The van der Waals surface area contributed by atoms with Gasteiger partial charge in [0.1, 0.15) is 5.76 Å². The van der Waals surface area contributed by atoms with Crippen LogP contribution in [-0.4, -0.2) is 14.3 Å². The van der Waals surface area contributed by atoms with Crippen LogP contribution in [0.4, 0.5) is 0 Å². The minimum absolute atomic E-state index is 0.0446.